The summed E-state index contributed by atoms with van der Waals surface area (Å²) in [5.41, 5.74) is -0.784. The average Bonchev–Trinajstić information content (AvgIpc) is 2.46. The molecule has 0 fully saturated rings. The SMILES string of the molecule is N#Cc1c(-c2ccccc2)cc(C(F)(F)F)c(C#N)c1I. The van der Waals surface area contributed by atoms with E-state index in [1.165, 1.54) is 0 Å². The van der Waals surface area contributed by atoms with Crippen LogP contribution in [0.5, 0.6) is 0 Å². The first-order valence-electron chi connectivity index (χ1n) is 5.69. The van der Waals surface area contributed by atoms with E-state index < -0.39 is 17.3 Å². The monoisotopic (exact) mass is 398 g/mol. The predicted octanol–water partition coefficient (Wildman–Crippen LogP) is 4.72. The minimum atomic E-state index is -4.65. The number of nitriles is 2. The summed E-state index contributed by atoms with van der Waals surface area (Å²) in [5.74, 6) is 0. The van der Waals surface area contributed by atoms with E-state index in [-0.39, 0.29) is 14.7 Å². The van der Waals surface area contributed by atoms with Crippen molar-refractivity contribution in [1.82, 2.24) is 0 Å². The molecule has 2 rings (SSSR count). The molecule has 0 aliphatic carbocycles. The van der Waals surface area contributed by atoms with Crippen LogP contribution in [0.3, 0.4) is 0 Å². The minimum absolute atomic E-state index is 0.0197. The molecule has 0 amide bonds. The zero-order valence-electron chi connectivity index (χ0n) is 10.4. The zero-order valence-corrected chi connectivity index (χ0v) is 12.5. The maximum Gasteiger partial charge on any atom is 0.417 e. The van der Waals surface area contributed by atoms with Crippen LogP contribution >= 0.6 is 22.6 Å². The molecule has 0 aliphatic heterocycles. The van der Waals surface area contributed by atoms with Gasteiger partial charge >= 0.3 is 6.18 Å². The van der Waals surface area contributed by atoms with Crippen molar-refractivity contribution in [2.45, 2.75) is 6.18 Å². The second-order valence-electron chi connectivity index (χ2n) is 4.12. The molecule has 0 N–H and O–H groups in total. The molecular formula is C15H6F3IN2. The van der Waals surface area contributed by atoms with E-state index >= 15 is 0 Å². The maximum absolute atomic E-state index is 13.1. The summed E-state index contributed by atoms with van der Waals surface area (Å²) in [5, 5.41) is 18.2. The molecule has 2 nitrogen and oxygen atoms in total. The molecule has 0 radical (unpaired) electrons. The number of rotatable bonds is 1. The summed E-state index contributed by atoms with van der Waals surface area (Å²) in [6.45, 7) is 0. The van der Waals surface area contributed by atoms with E-state index in [1.54, 1.807) is 59.0 Å². The fraction of sp³-hybridized carbons (Fsp3) is 0.0667. The van der Waals surface area contributed by atoms with Crippen molar-refractivity contribution in [1.29, 1.82) is 10.5 Å². The number of halogens is 4. The maximum atomic E-state index is 13.1. The third-order valence-electron chi connectivity index (χ3n) is 2.88. The molecule has 0 unspecified atom stereocenters. The molecule has 0 aliphatic rings. The molecular weight excluding hydrogens is 392 g/mol. The van der Waals surface area contributed by atoms with Crippen LogP contribution in [0.2, 0.25) is 0 Å². The summed E-state index contributed by atoms with van der Waals surface area (Å²) in [6, 6.07) is 12.6. The topological polar surface area (TPSA) is 47.6 Å². The van der Waals surface area contributed by atoms with Crippen LogP contribution < -0.4 is 0 Å². The molecule has 6 heteroatoms. The number of alkyl halides is 3. The van der Waals surface area contributed by atoms with Crippen molar-refractivity contribution >= 4 is 22.6 Å². The lowest BCUT2D eigenvalue weighted by Gasteiger charge is -2.14. The van der Waals surface area contributed by atoms with Gasteiger partial charge in [0.05, 0.1) is 16.7 Å². The molecule has 0 heterocycles. The Labute approximate surface area is 132 Å². The summed E-state index contributed by atoms with van der Waals surface area (Å²) in [4.78, 5) is 0. The lowest BCUT2D eigenvalue weighted by atomic mass is 9.94. The van der Waals surface area contributed by atoms with Crippen LogP contribution in [-0.4, -0.2) is 0 Å². The first kappa shape index (κ1) is 15.3. The smallest absolute Gasteiger partial charge is 0.192 e. The van der Waals surface area contributed by atoms with E-state index in [1.807, 2.05) is 6.07 Å². The molecule has 0 saturated heterocycles. The minimum Gasteiger partial charge on any atom is -0.192 e. The van der Waals surface area contributed by atoms with Gasteiger partial charge in [0.15, 0.2) is 0 Å². The molecule has 0 spiro atoms. The van der Waals surface area contributed by atoms with Crippen molar-refractivity contribution in [3.63, 3.8) is 0 Å². The van der Waals surface area contributed by atoms with Crippen molar-refractivity contribution in [2.75, 3.05) is 0 Å². The number of benzene rings is 2. The van der Waals surface area contributed by atoms with Gasteiger partial charge in [0.25, 0.3) is 0 Å². The Morgan fingerprint density at radius 2 is 1.52 bits per heavy atom. The number of hydrogen-bond acceptors (Lipinski definition) is 2. The van der Waals surface area contributed by atoms with Crippen LogP contribution in [-0.2, 0) is 6.18 Å². The molecule has 2 aromatic rings. The van der Waals surface area contributed by atoms with Gasteiger partial charge in [-0.2, -0.15) is 23.7 Å². The highest BCUT2D eigenvalue weighted by Gasteiger charge is 2.36. The van der Waals surface area contributed by atoms with Gasteiger partial charge in [-0.1, -0.05) is 30.3 Å². The Hall–Kier alpha value is -2.06. The fourth-order valence-corrected chi connectivity index (χ4v) is 2.76. The second-order valence-corrected chi connectivity index (χ2v) is 5.20. The molecule has 2 aromatic carbocycles. The largest absolute Gasteiger partial charge is 0.417 e. The van der Waals surface area contributed by atoms with Crippen molar-refractivity contribution in [3.05, 3.63) is 56.7 Å². The third-order valence-corrected chi connectivity index (χ3v) is 3.96. The Morgan fingerprint density at radius 3 is 2.00 bits per heavy atom. The Morgan fingerprint density at radius 1 is 0.952 bits per heavy atom. The number of hydrogen-bond donors (Lipinski definition) is 0. The summed E-state index contributed by atoms with van der Waals surface area (Å²) in [7, 11) is 0. The van der Waals surface area contributed by atoms with E-state index in [0.717, 1.165) is 6.07 Å². The predicted molar refractivity (Wildman–Crippen MR) is 79.0 cm³/mol. The van der Waals surface area contributed by atoms with Crippen LogP contribution in [0.1, 0.15) is 16.7 Å². The van der Waals surface area contributed by atoms with Crippen LogP contribution in [0.25, 0.3) is 11.1 Å². The highest BCUT2D eigenvalue weighted by molar-refractivity contribution is 14.1. The summed E-state index contributed by atoms with van der Waals surface area (Å²) in [6.07, 6.45) is -4.65. The summed E-state index contributed by atoms with van der Waals surface area (Å²) >= 11 is 1.61. The molecule has 21 heavy (non-hydrogen) atoms. The Kier molecular flexibility index (Phi) is 4.19. The van der Waals surface area contributed by atoms with Gasteiger partial charge in [0.1, 0.15) is 12.1 Å². The van der Waals surface area contributed by atoms with Crippen molar-refractivity contribution < 1.29 is 13.2 Å². The second kappa shape index (κ2) is 5.74. The normalized spacial score (nSPS) is 10.8. The van der Waals surface area contributed by atoms with Gasteiger partial charge < -0.3 is 0 Å². The lowest BCUT2D eigenvalue weighted by molar-refractivity contribution is -0.137. The Balaban J connectivity index is 2.88. The third kappa shape index (κ3) is 2.86. The molecule has 0 aromatic heterocycles. The molecule has 0 saturated carbocycles. The van der Waals surface area contributed by atoms with E-state index in [9.17, 15) is 18.4 Å². The van der Waals surface area contributed by atoms with Gasteiger partial charge in [-0.25, -0.2) is 0 Å². The molecule has 104 valence electrons. The molecule has 0 bridgehead atoms. The van der Waals surface area contributed by atoms with Crippen LogP contribution in [0.15, 0.2) is 36.4 Å². The highest BCUT2D eigenvalue weighted by atomic mass is 127. The first-order valence-corrected chi connectivity index (χ1v) is 6.77. The van der Waals surface area contributed by atoms with Crippen molar-refractivity contribution in [3.8, 4) is 23.3 Å². The van der Waals surface area contributed by atoms with Gasteiger partial charge in [-0.3, -0.25) is 0 Å². The lowest BCUT2D eigenvalue weighted by Crippen LogP contribution is -2.11. The number of nitrogens with zero attached hydrogens (tertiary/aromatic N) is 2. The highest BCUT2D eigenvalue weighted by Crippen LogP contribution is 2.39. The standard InChI is InChI=1S/C15H6F3IN2/c16-15(17,18)13-6-10(9-4-2-1-3-5-9)11(7-20)14(19)12(13)8-21/h1-6H. The Bertz CT molecular complexity index is 769. The first-order chi connectivity index (χ1) is 9.90. The van der Waals surface area contributed by atoms with E-state index in [0.29, 0.717) is 5.56 Å². The van der Waals surface area contributed by atoms with E-state index in [2.05, 4.69) is 0 Å². The fourth-order valence-electron chi connectivity index (χ4n) is 1.94. The van der Waals surface area contributed by atoms with Gasteiger partial charge in [0.2, 0.25) is 0 Å². The van der Waals surface area contributed by atoms with Crippen LogP contribution in [0, 0.1) is 26.2 Å². The molecule has 0 atom stereocenters. The average molecular weight is 398 g/mol. The van der Waals surface area contributed by atoms with Crippen LogP contribution in [0.4, 0.5) is 13.2 Å². The quantitative estimate of drug-likeness (QED) is 0.653. The van der Waals surface area contributed by atoms with Crippen molar-refractivity contribution in [2.24, 2.45) is 0 Å². The summed E-state index contributed by atoms with van der Waals surface area (Å²) < 4.78 is 39.3. The van der Waals surface area contributed by atoms with Gasteiger partial charge in [0, 0.05) is 9.13 Å². The van der Waals surface area contributed by atoms with E-state index in [4.69, 9.17) is 5.26 Å². The zero-order chi connectivity index (χ0) is 15.6. The van der Waals surface area contributed by atoms with Gasteiger partial charge in [-0.05, 0) is 34.2 Å². The van der Waals surface area contributed by atoms with Gasteiger partial charge in [-0.15, -0.1) is 0 Å².